The number of hydrogen-bond acceptors (Lipinski definition) is 3. The van der Waals surface area contributed by atoms with E-state index in [0.717, 1.165) is 12.2 Å². The van der Waals surface area contributed by atoms with Gasteiger partial charge in [-0.05, 0) is 30.7 Å². The number of halogens is 1. The molecule has 1 unspecified atom stereocenters. The molecule has 2 aromatic carbocycles. The topological polar surface area (TPSA) is 44.5 Å². The van der Waals surface area contributed by atoms with Gasteiger partial charge in [-0.1, -0.05) is 29.3 Å². The number of anilines is 1. The lowest BCUT2D eigenvalue weighted by atomic mass is 10.1. The number of fused-ring (bicyclic) bond motifs is 1. The van der Waals surface area contributed by atoms with Crippen LogP contribution in [0.2, 0.25) is 5.02 Å². The Kier molecular flexibility index (Phi) is 3.45. The lowest BCUT2D eigenvalue weighted by molar-refractivity contribution is 0.148. The van der Waals surface area contributed by atoms with Gasteiger partial charge in [-0.2, -0.15) is 0 Å². The Morgan fingerprint density at radius 2 is 2.15 bits per heavy atom. The van der Waals surface area contributed by atoms with E-state index in [1.807, 2.05) is 6.07 Å². The molecule has 0 radical (unpaired) electrons. The van der Waals surface area contributed by atoms with E-state index in [0.29, 0.717) is 23.1 Å². The highest BCUT2D eigenvalue weighted by Gasteiger charge is 2.23. The Balaban J connectivity index is 1.65. The molecule has 4 heteroatoms. The zero-order valence-electron chi connectivity index (χ0n) is 11.2. The summed E-state index contributed by atoms with van der Waals surface area (Å²) in [6, 6.07) is 11.4. The molecule has 2 aromatic rings. The van der Waals surface area contributed by atoms with Crippen molar-refractivity contribution < 1.29 is 9.47 Å². The quantitative estimate of drug-likeness (QED) is 0.878. The minimum Gasteiger partial charge on any atom is -0.488 e. The fourth-order valence-electron chi connectivity index (χ4n) is 2.36. The van der Waals surface area contributed by atoms with Gasteiger partial charge in [-0.25, -0.2) is 0 Å². The summed E-state index contributed by atoms with van der Waals surface area (Å²) in [6.45, 7) is 2.54. The van der Waals surface area contributed by atoms with Crippen LogP contribution < -0.4 is 15.2 Å². The van der Waals surface area contributed by atoms with Crippen LogP contribution in [0.25, 0.3) is 0 Å². The zero-order valence-corrected chi connectivity index (χ0v) is 12.0. The van der Waals surface area contributed by atoms with Crippen LogP contribution in [-0.4, -0.2) is 12.7 Å². The normalized spacial score (nSPS) is 16.6. The van der Waals surface area contributed by atoms with E-state index in [4.69, 9.17) is 26.8 Å². The summed E-state index contributed by atoms with van der Waals surface area (Å²) in [5.41, 5.74) is 8.84. The first-order valence-electron chi connectivity index (χ1n) is 6.56. The van der Waals surface area contributed by atoms with Crippen LogP contribution in [0.1, 0.15) is 11.1 Å². The molecule has 0 saturated heterocycles. The zero-order chi connectivity index (χ0) is 14.1. The maximum absolute atomic E-state index is 6.07. The van der Waals surface area contributed by atoms with Gasteiger partial charge in [0.1, 0.15) is 24.2 Å². The van der Waals surface area contributed by atoms with Gasteiger partial charge >= 0.3 is 0 Å². The van der Waals surface area contributed by atoms with Crippen molar-refractivity contribution in [3.8, 4) is 11.5 Å². The molecular weight excluding hydrogens is 274 g/mol. The fraction of sp³-hybridized carbons (Fsp3) is 0.250. The SMILES string of the molecule is Cc1ccc2c(c1)CC(COc1cc(N)ccc1Cl)O2. The summed E-state index contributed by atoms with van der Waals surface area (Å²) < 4.78 is 11.6. The third kappa shape index (κ3) is 2.68. The van der Waals surface area contributed by atoms with E-state index in [2.05, 4.69) is 19.1 Å². The first kappa shape index (κ1) is 13.1. The highest BCUT2D eigenvalue weighted by atomic mass is 35.5. The van der Waals surface area contributed by atoms with E-state index in [9.17, 15) is 0 Å². The Labute approximate surface area is 123 Å². The summed E-state index contributed by atoms with van der Waals surface area (Å²) in [7, 11) is 0. The molecule has 0 saturated carbocycles. The summed E-state index contributed by atoms with van der Waals surface area (Å²) in [6.07, 6.45) is 0.876. The molecule has 1 aliphatic heterocycles. The largest absolute Gasteiger partial charge is 0.488 e. The molecule has 1 heterocycles. The highest BCUT2D eigenvalue weighted by molar-refractivity contribution is 6.32. The molecule has 0 bridgehead atoms. The predicted molar refractivity (Wildman–Crippen MR) is 80.7 cm³/mol. The molecule has 0 aromatic heterocycles. The van der Waals surface area contributed by atoms with Crippen molar-refractivity contribution in [1.29, 1.82) is 0 Å². The molecule has 0 aliphatic carbocycles. The Bertz CT molecular complexity index is 642. The Hall–Kier alpha value is -1.87. The number of benzene rings is 2. The number of nitrogen functional groups attached to an aromatic ring is 1. The van der Waals surface area contributed by atoms with E-state index in [1.165, 1.54) is 11.1 Å². The van der Waals surface area contributed by atoms with Crippen LogP contribution in [0.15, 0.2) is 36.4 Å². The van der Waals surface area contributed by atoms with E-state index in [-0.39, 0.29) is 6.10 Å². The van der Waals surface area contributed by atoms with Crippen molar-refractivity contribution in [2.45, 2.75) is 19.4 Å². The van der Waals surface area contributed by atoms with Crippen LogP contribution in [0, 0.1) is 6.92 Å². The third-order valence-electron chi connectivity index (χ3n) is 3.34. The maximum atomic E-state index is 6.07. The second-order valence-electron chi connectivity index (χ2n) is 5.06. The highest BCUT2D eigenvalue weighted by Crippen LogP contribution is 2.31. The minimum atomic E-state index is 0.0179. The summed E-state index contributed by atoms with van der Waals surface area (Å²) in [4.78, 5) is 0. The number of rotatable bonds is 3. The van der Waals surface area contributed by atoms with Crippen molar-refractivity contribution in [1.82, 2.24) is 0 Å². The number of hydrogen-bond donors (Lipinski definition) is 1. The molecule has 3 nitrogen and oxygen atoms in total. The Morgan fingerprint density at radius 3 is 3.00 bits per heavy atom. The van der Waals surface area contributed by atoms with E-state index >= 15 is 0 Å². The first-order valence-corrected chi connectivity index (χ1v) is 6.93. The molecule has 0 fully saturated rings. The summed E-state index contributed by atoms with van der Waals surface area (Å²) in [5.74, 6) is 1.55. The van der Waals surface area contributed by atoms with Gasteiger partial charge < -0.3 is 15.2 Å². The van der Waals surface area contributed by atoms with Crippen LogP contribution in [0.3, 0.4) is 0 Å². The van der Waals surface area contributed by atoms with Crippen molar-refractivity contribution in [3.05, 3.63) is 52.5 Å². The summed E-state index contributed by atoms with van der Waals surface area (Å²) >= 11 is 6.07. The van der Waals surface area contributed by atoms with Gasteiger partial charge in [0.15, 0.2) is 0 Å². The maximum Gasteiger partial charge on any atom is 0.140 e. The number of nitrogens with two attached hydrogens (primary N) is 1. The average Bonchev–Trinajstić information content (AvgIpc) is 2.81. The van der Waals surface area contributed by atoms with Crippen molar-refractivity contribution in [2.24, 2.45) is 0 Å². The molecule has 0 spiro atoms. The lowest BCUT2D eigenvalue weighted by Crippen LogP contribution is -2.22. The fourth-order valence-corrected chi connectivity index (χ4v) is 2.53. The molecule has 3 rings (SSSR count). The van der Waals surface area contributed by atoms with Crippen molar-refractivity contribution in [3.63, 3.8) is 0 Å². The molecule has 0 amide bonds. The van der Waals surface area contributed by atoms with Crippen LogP contribution in [0.4, 0.5) is 5.69 Å². The van der Waals surface area contributed by atoms with Crippen LogP contribution >= 0.6 is 11.6 Å². The minimum absolute atomic E-state index is 0.0179. The standard InChI is InChI=1S/C16H16ClNO2/c1-10-2-5-15-11(6-10)7-13(20-15)9-19-16-8-12(18)3-4-14(16)17/h2-6,8,13H,7,9,18H2,1H3. The molecule has 1 atom stereocenters. The first-order chi connectivity index (χ1) is 9.61. The molecule has 1 aliphatic rings. The molecular formula is C16H16ClNO2. The second-order valence-corrected chi connectivity index (χ2v) is 5.46. The molecule has 20 heavy (non-hydrogen) atoms. The van der Waals surface area contributed by atoms with Gasteiger partial charge in [-0.3, -0.25) is 0 Å². The van der Waals surface area contributed by atoms with Crippen LogP contribution in [0.5, 0.6) is 11.5 Å². The van der Waals surface area contributed by atoms with Gasteiger partial charge in [0.05, 0.1) is 5.02 Å². The molecule has 2 N–H and O–H groups in total. The van der Waals surface area contributed by atoms with Gasteiger partial charge in [0.2, 0.25) is 0 Å². The molecule has 104 valence electrons. The smallest absolute Gasteiger partial charge is 0.140 e. The van der Waals surface area contributed by atoms with E-state index in [1.54, 1.807) is 18.2 Å². The monoisotopic (exact) mass is 289 g/mol. The lowest BCUT2D eigenvalue weighted by Gasteiger charge is -2.13. The average molecular weight is 290 g/mol. The number of aryl methyl sites for hydroxylation is 1. The van der Waals surface area contributed by atoms with Gasteiger partial charge in [0, 0.05) is 18.2 Å². The van der Waals surface area contributed by atoms with Crippen LogP contribution in [-0.2, 0) is 6.42 Å². The Morgan fingerprint density at radius 1 is 1.30 bits per heavy atom. The second kappa shape index (κ2) is 5.25. The van der Waals surface area contributed by atoms with Crippen molar-refractivity contribution >= 4 is 17.3 Å². The van der Waals surface area contributed by atoms with Gasteiger partial charge in [-0.15, -0.1) is 0 Å². The van der Waals surface area contributed by atoms with Gasteiger partial charge in [0.25, 0.3) is 0 Å². The third-order valence-corrected chi connectivity index (χ3v) is 3.65. The summed E-state index contributed by atoms with van der Waals surface area (Å²) in [5, 5.41) is 0.561. The van der Waals surface area contributed by atoms with E-state index < -0.39 is 0 Å². The van der Waals surface area contributed by atoms with Crippen molar-refractivity contribution in [2.75, 3.05) is 12.3 Å². The number of ether oxygens (including phenoxy) is 2. The predicted octanol–water partition coefficient (Wildman–Crippen LogP) is 3.61.